The number of ether oxygens (including phenoxy) is 1. The molecule has 1 amide bonds. The minimum absolute atomic E-state index is 0. The molecule has 1 saturated heterocycles. The minimum Gasteiger partial charge on any atom is -0.444 e. The molecule has 7 heteroatoms. The van der Waals surface area contributed by atoms with E-state index in [1.165, 1.54) is 12.8 Å². The summed E-state index contributed by atoms with van der Waals surface area (Å²) in [5.74, 6) is 2.23. The lowest BCUT2D eigenvalue weighted by atomic mass is 10.0. The molecule has 2 fully saturated rings. The number of guanidine groups is 1. The number of nitrogens with zero attached hydrogens (tertiary/aromatic N) is 3. The second-order valence-electron chi connectivity index (χ2n) is 9.12. The highest BCUT2D eigenvalue weighted by Gasteiger charge is 2.35. The van der Waals surface area contributed by atoms with Crippen LogP contribution in [0.15, 0.2) is 4.99 Å². The predicted molar refractivity (Wildman–Crippen MR) is 122 cm³/mol. The number of piperidine rings is 1. The lowest BCUT2D eigenvalue weighted by molar-refractivity contribution is 0.00928. The molecule has 27 heavy (non-hydrogen) atoms. The maximum absolute atomic E-state index is 12.7. The van der Waals surface area contributed by atoms with Crippen LogP contribution in [0.1, 0.15) is 60.3 Å². The van der Waals surface area contributed by atoms with Gasteiger partial charge in [0.1, 0.15) is 5.60 Å². The van der Waals surface area contributed by atoms with E-state index in [1.807, 2.05) is 32.7 Å². The molecule has 0 radical (unpaired) electrons. The summed E-state index contributed by atoms with van der Waals surface area (Å²) in [5, 5.41) is 3.45. The van der Waals surface area contributed by atoms with Gasteiger partial charge in [-0.2, -0.15) is 0 Å². The number of nitrogens with one attached hydrogen (secondary N) is 1. The number of hydrogen-bond donors (Lipinski definition) is 1. The van der Waals surface area contributed by atoms with Gasteiger partial charge in [0.25, 0.3) is 0 Å². The van der Waals surface area contributed by atoms with Gasteiger partial charge in [0.05, 0.1) is 0 Å². The Hall–Kier alpha value is -0.730. The van der Waals surface area contributed by atoms with Crippen LogP contribution in [-0.4, -0.2) is 66.7 Å². The number of hydrogen-bond acceptors (Lipinski definition) is 3. The highest BCUT2D eigenvalue weighted by atomic mass is 127. The van der Waals surface area contributed by atoms with Gasteiger partial charge in [0, 0.05) is 39.3 Å². The van der Waals surface area contributed by atoms with Gasteiger partial charge in [0.15, 0.2) is 5.96 Å². The molecule has 0 aromatic heterocycles. The van der Waals surface area contributed by atoms with Crippen LogP contribution in [0.2, 0.25) is 0 Å². The van der Waals surface area contributed by atoms with Crippen LogP contribution in [0.25, 0.3) is 0 Å². The molecule has 2 aliphatic rings. The largest absolute Gasteiger partial charge is 0.444 e. The minimum atomic E-state index is -0.442. The second-order valence-corrected chi connectivity index (χ2v) is 9.12. The molecule has 0 atom stereocenters. The SMILES string of the molecule is CN=C(NCC(C)C)N1CCC(N(CC2CC2)C(=O)OC(C)(C)C)CC1.I. The van der Waals surface area contributed by atoms with Crippen molar-refractivity contribution in [1.29, 1.82) is 0 Å². The third kappa shape index (κ3) is 8.44. The van der Waals surface area contributed by atoms with E-state index in [2.05, 4.69) is 29.1 Å². The molecule has 1 N–H and O–H groups in total. The molecule has 1 aliphatic heterocycles. The number of aliphatic imine (C=N–C) groups is 1. The van der Waals surface area contributed by atoms with E-state index >= 15 is 0 Å². The van der Waals surface area contributed by atoms with E-state index in [1.54, 1.807) is 0 Å². The molecule has 1 aliphatic carbocycles. The topological polar surface area (TPSA) is 57.2 Å². The third-order valence-corrected chi connectivity index (χ3v) is 4.86. The Kier molecular flexibility index (Phi) is 9.65. The molecular weight excluding hydrogens is 455 g/mol. The van der Waals surface area contributed by atoms with Gasteiger partial charge < -0.3 is 19.9 Å². The molecule has 0 bridgehead atoms. The van der Waals surface area contributed by atoms with Crippen molar-refractivity contribution in [3.05, 3.63) is 0 Å². The van der Waals surface area contributed by atoms with Crippen LogP contribution in [0.5, 0.6) is 0 Å². The highest BCUT2D eigenvalue weighted by Crippen LogP contribution is 2.32. The summed E-state index contributed by atoms with van der Waals surface area (Å²) in [6.07, 6.45) is 4.27. The molecule has 0 aromatic carbocycles. The van der Waals surface area contributed by atoms with Crippen LogP contribution in [0, 0.1) is 11.8 Å². The summed E-state index contributed by atoms with van der Waals surface area (Å²) < 4.78 is 5.68. The first-order valence-electron chi connectivity index (χ1n) is 10.1. The quantitative estimate of drug-likeness (QED) is 0.357. The maximum atomic E-state index is 12.7. The summed E-state index contributed by atoms with van der Waals surface area (Å²) in [7, 11) is 1.84. The van der Waals surface area contributed by atoms with E-state index in [-0.39, 0.29) is 36.1 Å². The van der Waals surface area contributed by atoms with E-state index in [9.17, 15) is 4.79 Å². The number of rotatable bonds is 5. The average Bonchev–Trinajstić information content (AvgIpc) is 3.36. The van der Waals surface area contributed by atoms with Crippen molar-refractivity contribution in [2.24, 2.45) is 16.8 Å². The third-order valence-electron chi connectivity index (χ3n) is 4.86. The Morgan fingerprint density at radius 1 is 1.22 bits per heavy atom. The monoisotopic (exact) mass is 494 g/mol. The summed E-state index contributed by atoms with van der Waals surface area (Å²) in [6, 6.07) is 0.268. The van der Waals surface area contributed by atoms with Gasteiger partial charge in [-0.3, -0.25) is 4.99 Å². The molecule has 0 spiro atoms. The van der Waals surface area contributed by atoms with Gasteiger partial charge in [0.2, 0.25) is 0 Å². The standard InChI is InChI=1S/C20H38N4O2.HI/c1-15(2)13-22-18(21-6)23-11-9-17(10-12-23)24(14-16-7-8-16)19(25)26-20(3,4)5;/h15-17H,7-14H2,1-6H3,(H,21,22);1H. The van der Waals surface area contributed by atoms with Gasteiger partial charge in [-0.15, -0.1) is 24.0 Å². The van der Waals surface area contributed by atoms with E-state index in [0.717, 1.165) is 45.0 Å². The van der Waals surface area contributed by atoms with Crippen molar-refractivity contribution < 1.29 is 9.53 Å². The fourth-order valence-electron chi connectivity index (χ4n) is 3.29. The summed E-state index contributed by atoms with van der Waals surface area (Å²) in [5.41, 5.74) is -0.442. The Bertz CT molecular complexity index is 493. The number of amides is 1. The number of carbonyl (C=O) groups is 1. The highest BCUT2D eigenvalue weighted by molar-refractivity contribution is 14.0. The fourth-order valence-corrected chi connectivity index (χ4v) is 3.29. The molecule has 2 rings (SSSR count). The van der Waals surface area contributed by atoms with Crippen LogP contribution >= 0.6 is 24.0 Å². The van der Waals surface area contributed by atoms with Crippen molar-refractivity contribution in [1.82, 2.24) is 15.1 Å². The Morgan fingerprint density at radius 3 is 2.26 bits per heavy atom. The zero-order chi connectivity index (χ0) is 19.3. The van der Waals surface area contributed by atoms with Gasteiger partial charge >= 0.3 is 6.09 Å². The summed E-state index contributed by atoms with van der Waals surface area (Å²) in [6.45, 7) is 13.8. The average molecular weight is 494 g/mol. The van der Waals surface area contributed by atoms with Gasteiger partial charge in [-0.1, -0.05) is 13.8 Å². The molecule has 1 saturated carbocycles. The Balaban J connectivity index is 0.00000364. The number of likely N-dealkylation sites (tertiary alicyclic amines) is 1. The Morgan fingerprint density at radius 2 is 1.81 bits per heavy atom. The van der Waals surface area contributed by atoms with Crippen molar-refractivity contribution in [2.45, 2.75) is 71.9 Å². The van der Waals surface area contributed by atoms with Crippen LogP contribution in [-0.2, 0) is 4.74 Å². The predicted octanol–water partition coefficient (Wildman–Crippen LogP) is 3.95. The van der Waals surface area contributed by atoms with Crippen molar-refractivity contribution in [3.8, 4) is 0 Å². The Labute approximate surface area is 182 Å². The van der Waals surface area contributed by atoms with Crippen molar-refractivity contribution in [3.63, 3.8) is 0 Å². The summed E-state index contributed by atoms with van der Waals surface area (Å²) in [4.78, 5) is 21.5. The van der Waals surface area contributed by atoms with Gasteiger partial charge in [-0.05, 0) is 58.3 Å². The smallest absolute Gasteiger partial charge is 0.410 e. The fraction of sp³-hybridized carbons (Fsp3) is 0.900. The molecule has 0 unspecified atom stereocenters. The lowest BCUT2D eigenvalue weighted by Gasteiger charge is -2.40. The van der Waals surface area contributed by atoms with Crippen molar-refractivity contribution in [2.75, 3.05) is 33.2 Å². The number of carbonyl (C=O) groups excluding carboxylic acids is 1. The first kappa shape index (κ1) is 24.3. The van der Waals surface area contributed by atoms with Crippen LogP contribution < -0.4 is 5.32 Å². The summed E-state index contributed by atoms with van der Waals surface area (Å²) >= 11 is 0. The molecule has 0 aromatic rings. The zero-order valence-corrected chi connectivity index (χ0v) is 20.3. The molecular formula is C20H39IN4O2. The molecule has 1 heterocycles. The second kappa shape index (κ2) is 10.7. The lowest BCUT2D eigenvalue weighted by Crippen LogP contribution is -2.52. The first-order valence-corrected chi connectivity index (χ1v) is 10.1. The normalized spacial score (nSPS) is 18.9. The first-order chi connectivity index (χ1) is 12.2. The maximum Gasteiger partial charge on any atom is 0.410 e. The number of halogens is 1. The van der Waals surface area contributed by atoms with E-state index < -0.39 is 5.60 Å². The van der Waals surface area contributed by atoms with Crippen LogP contribution in [0.4, 0.5) is 4.79 Å². The molecule has 158 valence electrons. The zero-order valence-electron chi connectivity index (χ0n) is 18.0. The van der Waals surface area contributed by atoms with Crippen LogP contribution in [0.3, 0.4) is 0 Å². The van der Waals surface area contributed by atoms with Gasteiger partial charge in [-0.25, -0.2) is 4.79 Å². The van der Waals surface area contributed by atoms with E-state index in [4.69, 9.17) is 4.74 Å². The van der Waals surface area contributed by atoms with Crippen molar-refractivity contribution >= 4 is 36.0 Å². The van der Waals surface area contributed by atoms with E-state index in [0.29, 0.717) is 11.8 Å². The molecule has 6 nitrogen and oxygen atoms in total.